The number of phenols is 1. The van der Waals surface area contributed by atoms with Crippen LogP contribution in [0.15, 0.2) is 6.07 Å². The van der Waals surface area contributed by atoms with Gasteiger partial charge < -0.3 is 39.2 Å². The highest BCUT2D eigenvalue weighted by atomic mass is 16.8. The number of carbonyl (C=O) groups is 1. The van der Waals surface area contributed by atoms with E-state index in [-0.39, 0.29) is 23.9 Å². The van der Waals surface area contributed by atoms with Crippen LogP contribution in [0, 0.1) is 0 Å². The van der Waals surface area contributed by atoms with E-state index in [1.807, 2.05) is 0 Å². The predicted molar refractivity (Wildman–Crippen MR) is 88.9 cm³/mol. The summed E-state index contributed by atoms with van der Waals surface area (Å²) in [6.45, 7) is 3.49. The first-order valence-electron chi connectivity index (χ1n) is 8.85. The van der Waals surface area contributed by atoms with Crippen LogP contribution in [0.3, 0.4) is 0 Å². The molecule has 2 fully saturated rings. The third kappa shape index (κ3) is 2.22. The minimum atomic E-state index is -0.974. The summed E-state index contributed by atoms with van der Waals surface area (Å²) < 4.78 is 28.2. The molecule has 6 atom stereocenters. The van der Waals surface area contributed by atoms with Crippen molar-refractivity contribution in [2.75, 3.05) is 13.9 Å². The van der Waals surface area contributed by atoms with Crippen LogP contribution in [0.5, 0.6) is 17.2 Å². The molecule has 1 saturated heterocycles. The standard InChI is InChI=1S/C18H21NO8/c1-18(2)26-15-10-8(14(23-3)12(21)16(15)27-18)6-4-7-13(25-5-24-7)11(20)9(6)17(22)19-10/h4,8,10,12,14-16,20-21H,5H2,1-3H3,(H,19,22)/t8-,10+,12-,14-,15-,16+/m0/s1. The van der Waals surface area contributed by atoms with E-state index in [0.29, 0.717) is 11.3 Å². The zero-order valence-electron chi connectivity index (χ0n) is 15.1. The van der Waals surface area contributed by atoms with Gasteiger partial charge in [-0.3, -0.25) is 4.79 Å². The summed E-state index contributed by atoms with van der Waals surface area (Å²) >= 11 is 0. The lowest BCUT2D eigenvalue weighted by molar-refractivity contribution is -0.162. The molecular formula is C18H21NO8. The van der Waals surface area contributed by atoms with E-state index < -0.39 is 48.1 Å². The number of methoxy groups -OCH3 is 1. The zero-order chi connectivity index (χ0) is 19.1. The molecule has 0 unspecified atom stereocenters. The number of benzene rings is 1. The third-order valence-electron chi connectivity index (χ3n) is 5.76. The molecule has 0 radical (unpaired) electrons. The molecule has 0 aromatic heterocycles. The van der Waals surface area contributed by atoms with Gasteiger partial charge in [-0.1, -0.05) is 0 Å². The van der Waals surface area contributed by atoms with Gasteiger partial charge in [0.25, 0.3) is 5.91 Å². The lowest BCUT2D eigenvalue weighted by Gasteiger charge is -2.48. The van der Waals surface area contributed by atoms with Gasteiger partial charge in [0.1, 0.15) is 18.3 Å². The zero-order valence-corrected chi connectivity index (χ0v) is 15.1. The average Bonchev–Trinajstić information content (AvgIpc) is 3.20. The SMILES string of the molecule is CO[C@@H]1[C@H](O)[C@H]2OC(C)(C)O[C@H]2[C@@H]2NC(=O)c3c(cc4c(c3O)OCO4)[C@@H]21. The number of aromatic hydroxyl groups is 1. The Morgan fingerprint density at radius 1 is 1.26 bits per heavy atom. The van der Waals surface area contributed by atoms with Crippen LogP contribution in [0.2, 0.25) is 0 Å². The van der Waals surface area contributed by atoms with Crippen molar-refractivity contribution in [2.45, 2.75) is 56.0 Å². The molecule has 27 heavy (non-hydrogen) atoms. The molecule has 3 N–H and O–H groups in total. The highest BCUT2D eigenvalue weighted by Gasteiger charge is 2.61. The maximum atomic E-state index is 12.8. The molecule has 3 aliphatic heterocycles. The number of phenolic OH excluding ortho intramolecular Hbond substituents is 1. The highest BCUT2D eigenvalue weighted by Crippen LogP contribution is 2.52. The normalized spacial score (nSPS) is 38.0. The largest absolute Gasteiger partial charge is 0.504 e. The molecule has 1 aliphatic carbocycles. The van der Waals surface area contributed by atoms with Crippen LogP contribution >= 0.6 is 0 Å². The molecule has 1 aromatic carbocycles. The number of amides is 1. The fourth-order valence-corrected chi connectivity index (χ4v) is 4.77. The molecule has 1 saturated carbocycles. The first kappa shape index (κ1) is 17.1. The lowest BCUT2D eigenvalue weighted by Crippen LogP contribution is -2.66. The number of aliphatic hydroxyl groups excluding tert-OH is 1. The molecule has 9 nitrogen and oxygen atoms in total. The number of carbonyl (C=O) groups excluding carboxylic acids is 1. The number of ether oxygens (including phenoxy) is 5. The van der Waals surface area contributed by atoms with Crippen molar-refractivity contribution >= 4 is 5.91 Å². The molecule has 4 aliphatic rings. The van der Waals surface area contributed by atoms with Crippen LogP contribution < -0.4 is 14.8 Å². The van der Waals surface area contributed by atoms with Gasteiger partial charge in [-0.2, -0.15) is 0 Å². The number of hydrogen-bond acceptors (Lipinski definition) is 8. The Balaban J connectivity index is 1.67. The van der Waals surface area contributed by atoms with Gasteiger partial charge in [0.15, 0.2) is 17.3 Å². The van der Waals surface area contributed by atoms with Gasteiger partial charge in [-0.05, 0) is 25.5 Å². The molecule has 1 amide bonds. The van der Waals surface area contributed by atoms with Crippen molar-refractivity contribution in [1.29, 1.82) is 0 Å². The van der Waals surface area contributed by atoms with E-state index in [1.165, 1.54) is 7.11 Å². The van der Waals surface area contributed by atoms with E-state index in [9.17, 15) is 15.0 Å². The van der Waals surface area contributed by atoms with Crippen molar-refractivity contribution < 1.29 is 38.7 Å². The molecular weight excluding hydrogens is 358 g/mol. The van der Waals surface area contributed by atoms with E-state index in [4.69, 9.17) is 23.7 Å². The number of aliphatic hydroxyl groups is 1. The fraction of sp³-hybridized carbons (Fsp3) is 0.611. The van der Waals surface area contributed by atoms with Crippen molar-refractivity contribution in [3.63, 3.8) is 0 Å². The summed E-state index contributed by atoms with van der Waals surface area (Å²) in [6, 6.07) is 1.18. The highest BCUT2D eigenvalue weighted by molar-refractivity contribution is 6.01. The van der Waals surface area contributed by atoms with Crippen LogP contribution in [0.25, 0.3) is 0 Å². The number of nitrogens with one attached hydrogen (secondary N) is 1. The molecule has 0 spiro atoms. The fourth-order valence-electron chi connectivity index (χ4n) is 4.77. The number of rotatable bonds is 1. The Morgan fingerprint density at radius 3 is 2.74 bits per heavy atom. The Hall–Kier alpha value is -2.07. The van der Waals surface area contributed by atoms with Crippen molar-refractivity contribution in [1.82, 2.24) is 5.32 Å². The van der Waals surface area contributed by atoms with E-state index in [1.54, 1.807) is 19.9 Å². The first-order valence-corrected chi connectivity index (χ1v) is 8.85. The molecule has 3 heterocycles. The predicted octanol–water partition coefficient (Wildman–Crippen LogP) is 0.226. The molecule has 9 heteroatoms. The molecule has 0 bridgehead atoms. The molecule has 146 valence electrons. The smallest absolute Gasteiger partial charge is 0.255 e. The van der Waals surface area contributed by atoms with Crippen LogP contribution in [0.4, 0.5) is 0 Å². The maximum absolute atomic E-state index is 12.8. The van der Waals surface area contributed by atoms with Gasteiger partial charge in [0, 0.05) is 13.0 Å². The number of hydrogen-bond donors (Lipinski definition) is 3. The van der Waals surface area contributed by atoms with E-state index in [0.717, 1.165) is 0 Å². The van der Waals surface area contributed by atoms with Crippen LogP contribution in [-0.2, 0) is 14.2 Å². The Labute approximate surface area is 155 Å². The first-order chi connectivity index (χ1) is 12.8. The van der Waals surface area contributed by atoms with Gasteiger partial charge in [-0.25, -0.2) is 0 Å². The second-order valence-electron chi connectivity index (χ2n) is 7.70. The molecule has 5 rings (SSSR count). The lowest BCUT2D eigenvalue weighted by atomic mass is 9.70. The number of fused-ring (bicyclic) bond motifs is 6. The summed E-state index contributed by atoms with van der Waals surface area (Å²) in [4.78, 5) is 12.8. The minimum Gasteiger partial charge on any atom is -0.504 e. The molecule has 1 aromatic rings. The monoisotopic (exact) mass is 379 g/mol. The van der Waals surface area contributed by atoms with E-state index in [2.05, 4.69) is 5.32 Å². The van der Waals surface area contributed by atoms with Crippen molar-refractivity contribution in [3.05, 3.63) is 17.2 Å². The Kier molecular flexibility index (Phi) is 3.46. The Bertz CT molecular complexity index is 824. The van der Waals surface area contributed by atoms with Crippen LogP contribution in [-0.4, -0.2) is 66.3 Å². The quantitative estimate of drug-likeness (QED) is 0.635. The summed E-state index contributed by atoms with van der Waals surface area (Å²) in [5, 5.41) is 24.4. The van der Waals surface area contributed by atoms with E-state index >= 15 is 0 Å². The third-order valence-corrected chi connectivity index (χ3v) is 5.76. The Morgan fingerprint density at radius 2 is 2.00 bits per heavy atom. The van der Waals surface area contributed by atoms with Gasteiger partial charge in [0.2, 0.25) is 12.5 Å². The summed E-state index contributed by atoms with van der Waals surface area (Å²) in [5.41, 5.74) is 0.634. The summed E-state index contributed by atoms with van der Waals surface area (Å²) in [5.74, 6) is -1.57. The van der Waals surface area contributed by atoms with Gasteiger partial charge in [-0.15, -0.1) is 0 Å². The topological polar surface area (TPSA) is 116 Å². The summed E-state index contributed by atoms with van der Waals surface area (Å²) in [7, 11) is 1.50. The minimum absolute atomic E-state index is 0.0341. The summed E-state index contributed by atoms with van der Waals surface area (Å²) in [6.07, 6.45) is -2.85. The second kappa shape index (κ2) is 5.48. The second-order valence-corrected chi connectivity index (χ2v) is 7.70. The van der Waals surface area contributed by atoms with Crippen LogP contribution in [0.1, 0.15) is 35.7 Å². The van der Waals surface area contributed by atoms with Crippen molar-refractivity contribution in [2.24, 2.45) is 0 Å². The van der Waals surface area contributed by atoms with Gasteiger partial charge in [0.05, 0.1) is 17.7 Å². The maximum Gasteiger partial charge on any atom is 0.255 e. The van der Waals surface area contributed by atoms with Crippen molar-refractivity contribution in [3.8, 4) is 17.2 Å². The van der Waals surface area contributed by atoms with Gasteiger partial charge >= 0.3 is 0 Å². The average molecular weight is 379 g/mol.